The number of hydrogen-bond acceptors (Lipinski definition) is 8. The lowest BCUT2D eigenvalue weighted by Crippen LogP contribution is -2.52. The van der Waals surface area contributed by atoms with Crippen LogP contribution >= 0.6 is 22.9 Å². The first-order chi connectivity index (χ1) is 13.1. The normalized spacial score (nSPS) is 14.7. The summed E-state index contributed by atoms with van der Waals surface area (Å²) in [5, 5.41) is 12.2. The van der Waals surface area contributed by atoms with Gasteiger partial charge in [-0.3, -0.25) is 4.79 Å². The molecule has 1 aliphatic heterocycles. The summed E-state index contributed by atoms with van der Waals surface area (Å²) >= 11 is 7.41. The van der Waals surface area contributed by atoms with Gasteiger partial charge in [-0.25, -0.2) is 19.6 Å². The number of benzene rings is 1. The van der Waals surface area contributed by atoms with Gasteiger partial charge in [-0.1, -0.05) is 28.2 Å². The molecule has 4 aromatic rings. The Morgan fingerprint density at radius 1 is 1.33 bits per heavy atom. The molecule has 11 heteroatoms. The molecule has 0 aliphatic carbocycles. The molecule has 4 heterocycles. The Labute approximate surface area is 162 Å². The van der Waals surface area contributed by atoms with Crippen molar-refractivity contribution in [1.82, 2.24) is 29.9 Å². The second-order valence-corrected chi connectivity index (χ2v) is 7.77. The number of fused-ring (bicyclic) bond motifs is 2. The Morgan fingerprint density at radius 2 is 2.19 bits per heavy atom. The number of carbonyl (C=O) groups is 1. The fourth-order valence-electron chi connectivity index (χ4n) is 3.05. The number of rotatable bonds is 3. The SMILES string of the molecule is Cn1nnc2c(N3CC(C(=O)Nc4nc5ccc(Cl)cc5s4)C3)ncnc21. The molecule has 1 saturated heterocycles. The third kappa shape index (κ3) is 2.77. The van der Waals surface area contributed by atoms with Crippen LogP contribution in [0.5, 0.6) is 0 Å². The van der Waals surface area contributed by atoms with E-state index in [2.05, 4.69) is 30.6 Å². The molecule has 9 nitrogen and oxygen atoms in total. The monoisotopic (exact) mass is 400 g/mol. The molecular formula is C16H13ClN8OS. The third-order valence-corrected chi connectivity index (χ3v) is 5.67. The largest absolute Gasteiger partial charge is 0.353 e. The summed E-state index contributed by atoms with van der Waals surface area (Å²) in [6, 6.07) is 5.47. The van der Waals surface area contributed by atoms with E-state index < -0.39 is 0 Å². The first-order valence-corrected chi connectivity index (χ1v) is 9.40. The van der Waals surface area contributed by atoms with Crippen molar-refractivity contribution in [2.75, 3.05) is 23.3 Å². The van der Waals surface area contributed by atoms with Gasteiger partial charge in [0.1, 0.15) is 6.33 Å². The van der Waals surface area contributed by atoms with Gasteiger partial charge in [0, 0.05) is 25.2 Å². The van der Waals surface area contributed by atoms with Crippen LogP contribution in [-0.4, -0.2) is 48.9 Å². The molecule has 0 spiro atoms. The van der Waals surface area contributed by atoms with Crippen molar-refractivity contribution < 1.29 is 4.79 Å². The average Bonchev–Trinajstić information content (AvgIpc) is 3.17. The highest BCUT2D eigenvalue weighted by atomic mass is 35.5. The molecule has 5 rings (SSSR count). The quantitative estimate of drug-likeness (QED) is 0.561. The zero-order chi connectivity index (χ0) is 18.5. The van der Waals surface area contributed by atoms with Crippen LogP contribution < -0.4 is 10.2 Å². The number of halogens is 1. The minimum Gasteiger partial charge on any atom is -0.353 e. The molecule has 1 fully saturated rings. The maximum Gasteiger partial charge on any atom is 0.232 e. The van der Waals surface area contributed by atoms with Crippen LogP contribution in [0.1, 0.15) is 0 Å². The van der Waals surface area contributed by atoms with E-state index in [-0.39, 0.29) is 11.8 Å². The van der Waals surface area contributed by atoms with E-state index in [1.165, 1.54) is 17.7 Å². The summed E-state index contributed by atoms with van der Waals surface area (Å²) in [6.07, 6.45) is 1.49. The minimum absolute atomic E-state index is 0.0548. The predicted octanol–water partition coefficient (Wildman–Crippen LogP) is 2.10. The van der Waals surface area contributed by atoms with Crippen LogP contribution in [0.2, 0.25) is 5.02 Å². The first kappa shape index (κ1) is 16.3. The van der Waals surface area contributed by atoms with Gasteiger partial charge >= 0.3 is 0 Å². The summed E-state index contributed by atoms with van der Waals surface area (Å²) in [7, 11) is 1.78. The molecular weight excluding hydrogens is 388 g/mol. The topological polar surface area (TPSA) is 102 Å². The zero-order valence-electron chi connectivity index (χ0n) is 14.1. The van der Waals surface area contributed by atoms with Crippen LogP contribution in [0.15, 0.2) is 24.5 Å². The van der Waals surface area contributed by atoms with E-state index in [0.717, 1.165) is 10.2 Å². The highest BCUT2D eigenvalue weighted by Gasteiger charge is 2.35. The highest BCUT2D eigenvalue weighted by Crippen LogP contribution is 2.31. The van der Waals surface area contributed by atoms with Crippen molar-refractivity contribution in [3.05, 3.63) is 29.5 Å². The van der Waals surface area contributed by atoms with Crippen molar-refractivity contribution in [3.63, 3.8) is 0 Å². The molecule has 1 aliphatic rings. The number of anilines is 2. The van der Waals surface area contributed by atoms with Crippen LogP contribution in [0.25, 0.3) is 21.4 Å². The molecule has 27 heavy (non-hydrogen) atoms. The van der Waals surface area contributed by atoms with Gasteiger partial charge in [-0.15, -0.1) is 5.10 Å². The molecule has 1 amide bonds. The van der Waals surface area contributed by atoms with Crippen molar-refractivity contribution in [2.45, 2.75) is 0 Å². The van der Waals surface area contributed by atoms with E-state index >= 15 is 0 Å². The molecule has 0 unspecified atom stereocenters. The molecule has 0 bridgehead atoms. The second kappa shape index (κ2) is 6.10. The number of carbonyl (C=O) groups excluding carboxylic acids is 1. The fraction of sp³-hybridized carbons (Fsp3) is 0.250. The third-order valence-electron chi connectivity index (χ3n) is 4.50. The van der Waals surface area contributed by atoms with Crippen LogP contribution in [0.3, 0.4) is 0 Å². The molecule has 0 saturated carbocycles. The number of aromatic nitrogens is 6. The molecule has 1 N–H and O–H groups in total. The maximum absolute atomic E-state index is 12.5. The molecule has 136 valence electrons. The van der Waals surface area contributed by atoms with Crippen LogP contribution in [0.4, 0.5) is 10.9 Å². The van der Waals surface area contributed by atoms with E-state index in [1.54, 1.807) is 17.8 Å². The zero-order valence-corrected chi connectivity index (χ0v) is 15.7. The number of hydrogen-bond donors (Lipinski definition) is 1. The van der Waals surface area contributed by atoms with E-state index in [4.69, 9.17) is 11.6 Å². The maximum atomic E-state index is 12.5. The van der Waals surface area contributed by atoms with E-state index in [1.807, 2.05) is 17.0 Å². The van der Waals surface area contributed by atoms with Crippen LogP contribution in [0, 0.1) is 5.92 Å². The van der Waals surface area contributed by atoms with Gasteiger partial charge in [0.05, 0.1) is 16.1 Å². The second-order valence-electron chi connectivity index (χ2n) is 6.30. The Morgan fingerprint density at radius 3 is 3.04 bits per heavy atom. The van der Waals surface area contributed by atoms with Crippen molar-refractivity contribution >= 4 is 61.2 Å². The Balaban J connectivity index is 1.29. The fourth-order valence-corrected chi connectivity index (χ4v) is 4.19. The van der Waals surface area contributed by atoms with Gasteiger partial charge < -0.3 is 10.2 Å². The summed E-state index contributed by atoms with van der Waals surface area (Å²) in [5.41, 5.74) is 2.13. The van der Waals surface area contributed by atoms with Crippen molar-refractivity contribution in [2.24, 2.45) is 13.0 Å². The van der Waals surface area contributed by atoms with Gasteiger partial charge in [0.25, 0.3) is 0 Å². The van der Waals surface area contributed by atoms with E-state index in [9.17, 15) is 4.79 Å². The summed E-state index contributed by atoms with van der Waals surface area (Å²) in [6.45, 7) is 1.12. The number of aryl methyl sites for hydroxylation is 1. The van der Waals surface area contributed by atoms with Gasteiger partial charge in [0.2, 0.25) is 5.91 Å². The Bertz CT molecular complexity index is 1180. The lowest BCUT2D eigenvalue weighted by molar-refractivity contribution is -0.120. The smallest absolute Gasteiger partial charge is 0.232 e. The first-order valence-electron chi connectivity index (χ1n) is 8.21. The van der Waals surface area contributed by atoms with Gasteiger partial charge in [0.15, 0.2) is 22.1 Å². The summed E-state index contributed by atoms with van der Waals surface area (Å²) in [5.74, 6) is 0.509. The van der Waals surface area contributed by atoms with Crippen LogP contribution in [-0.2, 0) is 11.8 Å². The molecule has 3 aromatic heterocycles. The number of thiazole rings is 1. The Hall–Kier alpha value is -2.85. The summed E-state index contributed by atoms with van der Waals surface area (Å²) < 4.78 is 2.54. The lowest BCUT2D eigenvalue weighted by Gasteiger charge is -2.38. The number of amides is 1. The van der Waals surface area contributed by atoms with Crippen molar-refractivity contribution in [3.8, 4) is 0 Å². The van der Waals surface area contributed by atoms with Gasteiger partial charge in [-0.05, 0) is 18.2 Å². The lowest BCUT2D eigenvalue weighted by atomic mass is 9.99. The highest BCUT2D eigenvalue weighted by molar-refractivity contribution is 7.22. The standard InChI is InChI=1S/C16H13ClN8OS/c1-24-13-12(22-23-24)14(19-7-18-13)25-5-8(6-25)15(26)21-16-20-10-3-2-9(17)4-11(10)27-16/h2-4,7-8H,5-6H2,1H3,(H,20,21,26). The summed E-state index contributed by atoms with van der Waals surface area (Å²) in [4.78, 5) is 27.4. The number of nitrogens with one attached hydrogen (secondary N) is 1. The minimum atomic E-state index is -0.137. The molecule has 1 aromatic carbocycles. The average molecular weight is 401 g/mol. The van der Waals surface area contributed by atoms with Gasteiger partial charge in [-0.2, -0.15) is 0 Å². The van der Waals surface area contributed by atoms with Crippen molar-refractivity contribution in [1.29, 1.82) is 0 Å². The number of nitrogens with zero attached hydrogens (tertiary/aromatic N) is 7. The molecule has 0 radical (unpaired) electrons. The Kier molecular flexibility index (Phi) is 3.69. The van der Waals surface area contributed by atoms with E-state index in [0.29, 0.717) is 40.2 Å². The molecule has 0 atom stereocenters. The predicted molar refractivity (Wildman–Crippen MR) is 103 cm³/mol.